The highest BCUT2D eigenvalue weighted by Crippen LogP contribution is 2.26. The van der Waals surface area contributed by atoms with Crippen molar-refractivity contribution in [3.05, 3.63) is 48.0 Å². The van der Waals surface area contributed by atoms with Crippen molar-refractivity contribution in [2.75, 3.05) is 26.7 Å². The second-order valence-corrected chi connectivity index (χ2v) is 7.92. The molecule has 4 rings (SSSR count). The summed E-state index contributed by atoms with van der Waals surface area (Å²) < 4.78 is 5.20. The monoisotopic (exact) mass is 379 g/mol. The summed E-state index contributed by atoms with van der Waals surface area (Å²) in [6.07, 6.45) is 4.77. The average molecular weight is 380 g/mol. The largest absolute Gasteiger partial charge is 0.481 e. The first kappa shape index (κ1) is 18.9. The number of aromatic nitrogens is 1. The standard InChI is InChI=1S/C23H29N3O2/c1-17-6-4-14-25(17)16-20-7-5-15-26(20)23(27)19-12-10-18(11-13-19)21-8-3-9-22(24-21)28-2/h3,8-13,17,20H,4-7,14-16H2,1-2H3/t17-,20+/m1/s1. The van der Waals surface area contributed by atoms with E-state index >= 15 is 0 Å². The van der Waals surface area contributed by atoms with Crippen LogP contribution in [0.4, 0.5) is 0 Å². The Hall–Kier alpha value is -2.40. The second-order valence-electron chi connectivity index (χ2n) is 7.92. The summed E-state index contributed by atoms with van der Waals surface area (Å²) in [6.45, 7) is 5.35. The maximum Gasteiger partial charge on any atom is 0.254 e. The number of rotatable bonds is 5. The van der Waals surface area contributed by atoms with Gasteiger partial charge in [0.05, 0.1) is 12.8 Å². The summed E-state index contributed by atoms with van der Waals surface area (Å²) in [7, 11) is 1.61. The highest BCUT2D eigenvalue weighted by atomic mass is 16.5. The molecule has 0 N–H and O–H groups in total. The lowest BCUT2D eigenvalue weighted by Crippen LogP contribution is -2.44. The van der Waals surface area contributed by atoms with Gasteiger partial charge in [-0.3, -0.25) is 9.69 Å². The Morgan fingerprint density at radius 2 is 1.89 bits per heavy atom. The lowest BCUT2D eigenvalue weighted by molar-refractivity contribution is 0.0696. The summed E-state index contributed by atoms with van der Waals surface area (Å²) in [5.41, 5.74) is 2.59. The van der Waals surface area contributed by atoms with E-state index in [1.165, 1.54) is 19.4 Å². The molecule has 0 aliphatic carbocycles. The Morgan fingerprint density at radius 3 is 2.61 bits per heavy atom. The molecule has 2 fully saturated rings. The normalized spacial score (nSPS) is 22.6. The minimum atomic E-state index is 0.152. The number of nitrogens with zero attached hydrogens (tertiary/aromatic N) is 3. The van der Waals surface area contributed by atoms with Crippen LogP contribution < -0.4 is 4.74 Å². The molecule has 0 bridgehead atoms. The molecule has 0 saturated carbocycles. The van der Waals surface area contributed by atoms with Crippen molar-refractivity contribution in [2.24, 2.45) is 0 Å². The van der Waals surface area contributed by atoms with E-state index in [0.29, 0.717) is 18.0 Å². The van der Waals surface area contributed by atoms with Crippen LogP contribution in [-0.4, -0.2) is 59.5 Å². The van der Waals surface area contributed by atoms with Gasteiger partial charge in [0, 0.05) is 42.4 Å². The van der Waals surface area contributed by atoms with Gasteiger partial charge >= 0.3 is 0 Å². The molecule has 2 atom stereocenters. The molecule has 2 aromatic rings. The molecular formula is C23H29N3O2. The van der Waals surface area contributed by atoms with Crippen LogP contribution in [0.5, 0.6) is 5.88 Å². The predicted molar refractivity (Wildman–Crippen MR) is 111 cm³/mol. The number of hydrogen-bond acceptors (Lipinski definition) is 4. The van der Waals surface area contributed by atoms with E-state index in [1.807, 2.05) is 42.5 Å². The second kappa shape index (κ2) is 8.31. The average Bonchev–Trinajstić information content (AvgIpc) is 3.37. The third kappa shape index (κ3) is 3.90. The fraction of sp³-hybridized carbons (Fsp3) is 0.478. The fourth-order valence-electron chi connectivity index (χ4n) is 4.47. The van der Waals surface area contributed by atoms with Gasteiger partial charge in [0.15, 0.2) is 0 Å². The van der Waals surface area contributed by atoms with Crippen molar-refractivity contribution in [1.29, 1.82) is 0 Å². The smallest absolute Gasteiger partial charge is 0.254 e. The number of methoxy groups -OCH3 is 1. The number of carbonyl (C=O) groups is 1. The van der Waals surface area contributed by atoms with Crippen LogP contribution in [0.25, 0.3) is 11.3 Å². The van der Waals surface area contributed by atoms with Gasteiger partial charge < -0.3 is 9.64 Å². The Labute approximate surface area is 167 Å². The molecule has 0 radical (unpaired) electrons. The molecule has 0 spiro atoms. The molecule has 148 valence electrons. The highest BCUT2D eigenvalue weighted by Gasteiger charge is 2.32. The molecule has 28 heavy (non-hydrogen) atoms. The topological polar surface area (TPSA) is 45.7 Å². The van der Waals surface area contributed by atoms with Crippen molar-refractivity contribution in [2.45, 2.75) is 44.7 Å². The van der Waals surface area contributed by atoms with Crippen LogP contribution in [0.2, 0.25) is 0 Å². The first-order valence-electron chi connectivity index (χ1n) is 10.3. The molecule has 0 unspecified atom stereocenters. The molecule has 1 aromatic heterocycles. The maximum absolute atomic E-state index is 13.1. The zero-order valence-electron chi connectivity index (χ0n) is 16.8. The van der Waals surface area contributed by atoms with Gasteiger partial charge in [-0.1, -0.05) is 18.2 Å². The first-order valence-corrected chi connectivity index (χ1v) is 10.3. The quantitative estimate of drug-likeness (QED) is 0.792. The first-order chi connectivity index (χ1) is 13.7. The van der Waals surface area contributed by atoms with Gasteiger partial charge in [-0.2, -0.15) is 0 Å². The third-order valence-electron chi connectivity index (χ3n) is 6.13. The van der Waals surface area contributed by atoms with E-state index in [2.05, 4.69) is 21.7 Å². The molecule has 5 heteroatoms. The number of carbonyl (C=O) groups excluding carboxylic acids is 1. The van der Waals surface area contributed by atoms with Crippen molar-refractivity contribution >= 4 is 5.91 Å². The van der Waals surface area contributed by atoms with Crippen LogP contribution >= 0.6 is 0 Å². The van der Waals surface area contributed by atoms with E-state index in [0.717, 1.165) is 42.8 Å². The maximum atomic E-state index is 13.1. The van der Waals surface area contributed by atoms with Gasteiger partial charge in [0.25, 0.3) is 5.91 Å². The van der Waals surface area contributed by atoms with Gasteiger partial charge in [-0.05, 0) is 57.4 Å². The van der Waals surface area contributed by atoms with E-state index in [4.69, 9.17) is 4.74 Å². The van der Waals surface area contributed by atoms with E-state index < -0.39 is 0 Å². The number of hydrogen-bond donors (Lipinski definition) is 0. The van der Waals surface area contributed by atoms with Crippen LogP contribution in [-0.2, 0) is 0 Å². The van der Waals surface area contributed by atoms with Crippen LogP contribution in [0.1, 0.15) is 43.0 Å². The lowest BCUT2D eigenvalue weighted by atomic mass is 10.1. The van der Waals surface area contributed by atoms with E-state index in [1.54, 1.807) is 7.11 Å². The molecule has 2 aliphatic heterocycles. The van der Waals surface area contributed by atoms with E-state index in [-0.39, 0.29) is 5.91 Å². The molecule has 1 amide bonds. The molecular weight excluding hydrogens is 350 g/mol. The summed E-state index contributed by atoms with van der Waals surface area (Å²) >= 11 is 0. The van der Waals surface area contributed by atoms with Crippen LogP contribution in [0.15, 0.2) is 42.5 Å². The number of ether oxygens (including phenoxy) is 1. The van der Waals surface area contributed by atoms with Crippen molar-refractivity contribution in [3.63, 3.8) is 0 Å². The molecule has 2 saturated heterocycles. The van der Waals surface area contributed by atoms with Gasteiger partial charge in [-0.15, -0.1) is 0 Å². The van der Waals surface area contributed by atoms with Gasteiger partial charge in [-0.25, -0.2) is 4.98 Å². The predicted octanol–water partition coefficient (Wildman–Crippen LogP) is 3.85. The summed E-state index contributed by atoms with van der Waals surface area (Å²) in [4.78, 5) is 22.2. The number of amides is 1. The van der Waals surface area contributed by atoms with Crippen molar-refractivity contribution in [1.82, 2.24) is 14.8 Å². The van der Waals surface area contributed by atoms with Crippen LogP contribution in [0.3, 0.4) is 0 Å². The highest BCUT2D eigenvalue weighted by molar-refractivity contribution is 5.95. The Morgan fingerprint density at radius 1 is 1.11 bits per heavy atom. The number of pyridine rings is 1. The molecule has 1 aromatic carbocycles. The molecule has 3 heterocycles. The number of likely N-dealkylation sites (tertiary alicyclic amines) is 2. The minimum Gasteiger partial charge on any atom is -0.481 e. The van der Waals surface area contributed by atoms with Crippen molar-refractivity contribution < 1.29 is 9.53 Å². The Bertz CT molecular complexity index is 821. The van der Waals surface area contributed by atoms with Gasteiger partial charge in [0.1, 0.15) is 0 Å². The summed E-state index contributed by atoms with van der Waals surface area (Å²) in [6, 6.07) is 14.5. The van der Waals surface area contributed by atoms with Gasteiger partial charge in [0.2, 0.25) is 5.88 Å². The fourth-order valence-corrected chi connectivity index (χ4v) is 4.47. The minimum absolute atomic E-state index is 0.152. The Kier molecular flexibility index (Phi) is 5.62. The number of benzene rings is 1. The lowest BCUT2D eigenvalue weighted by Gasteiger charge is -2.30. The summed E-state index contributed by atoms with van der Waals surface area (Å²) in [5, 5.41) is 0. The molecule has 5 nitrogen and oxygen atoms in total. The SMILES string of the molecule is COc1cccc(-c2ccc(C(=O)N3CCC[C@H]3CN3CCC[C@H]3C)cc2)n1. The summed E-state index contributed by atoms with van der Waals surface area (Å²) in [5.74, 6) is 0.744. The van der Waals surface area contributed by atoms with Crippen molar-refractivity contribution in [3.8, 4) is 17.1 Å². The third-order valence-corrected chi connectivity index (χ3v) is 6.13. The zero-order valence-corrected chi connectivity index (χ0v) is 16.8. The molecule has 2 aliphatic rings. The Balaban J connectivity index is 1.46. The van der Waals surface area contributed by atoms with Crippen LogP contribution in [0, 0.1) is 0 Å². The van der Waals surface area contributed by atoms with E-state index in [9.17, 15) is 4.79 Å². The zero-order chi connectivity index (χ0) is 19.5.